The Balaban J connectivity index is 2.27. The predicted octanol–water partition coefficient (Wildman–Crippen LogP) is 4.75. The number of aliphatic imine (C=N–C) groups is 1. The van der Waals surface area contributed by atoms with Crippen molar-refractivity contribution in [3.63, 3.8) is 0 Å². The Hall–Kier alpha value is -1.31. The molecule has 1 aliphatic rings. The number of nitrogens with zero attached hydrogens (tertiary/aromatic N) is 1. The first-order valence-electron chi connectivity index (χ1n) is 7.75. The maximum Gasteiger partial charge on any atom is 0.128 e. The van der Waals surface area contributed by atoms with Crippen LogP contribution in [0.2, 0.25) is 0 Å². The highest BCUT2D eigenvalue weighted by molar-refractivity contribution is 5.85. The number of benzene rings is 1. The summed E-state index contributed by atoms with van der Waals surface area (Å²) in [6, 6.07) is 4.55. The zero-order valence-electron chi connectivity index (χ0n) is 13.2. The zero-order valence-corrected chi connectivity index (χ0v) is 13.2. The number of hydrogen-bond acceptors (Lipinski definition) is 2. The fraction of sp³-hybridized carbons (Fsp3) is 0.611. The average Bonchev–Trinajstić information content (AvgIpc) is 2.39. The molecule has 2 nitrogen and oxygen atoms in total. The average molecular weight is 273 g/mol. The van der Waals surface area contributed by atoms with Gasteiger partial charge in [0.25, 0.3) is 0 Å². The summed E-state index contributed by atoms with van der Waals surface area (Å²) in [5, 5.41) is 10.5. The van der Waals surface area contributed by atoms with Gasteiger partial charge in [-0.25, -0.2) is 0 Å². The topological polar surface area (TPSA) is 32.6 Å². The van der Waals surface area contributed by atoms with E-state index in [1.54, 1.807) is 0 Å². The summed E-state index contributed by atoms with van der Waals surface area (Å²) in [7, 11) is 0. The SMILES string of the molecule is Cc1cc(C=NC2CCCCC2)c(O)c(C(C)(C)C)c1. The minimum absolute atomic E-state index is 0.0521. The molecule has 2 rings (SSSR count). The molecule has 0 aromatic heterocycles. The van der Waals surface area contributed by atoms with E-state index < -0.39 is 0 Å². The first-order chi connectivity index (χ1) is 9.38. The van der Waals surface area contributed by atoms with E-state index in [-0.39, 0.29) is 5.41 Å². The molecule has 1 aromatic rings. The molecule has 1 aliphatic carbocycles. The van der Waals surface area contributed by atoms with Crippen molar-refractivity contribution < 1.29 is 5.11 Å². The Kier molecular flexibility index (Phi) is 4.52. The second-order valence-corrected chi connectivity index (χ2v) is 7.07. The lowest BCUT2D eigenvalue weighted by molar-refractivity contribution is 0.441. The van der Waals surface area contributed by atoms with Crippen LogP contribution in [0.15, 0.2) is 17.1 Å². The Bertz CT molecular complexity index is 491. The molecule has 1 saturated carbocycles. The fourth-order valence-corrected chi connectivity index (χ4v) is 2.89. The summed E-state index contributed by atoms with van der Waals surface area (Å²) in [6.45, 7) is 8.46. The maximum atomic E-state index is 10.5. The van der Waals surface area contributed by atoms with Crippen molar-refractivity contribution in [2.45, 2.75) is 71.3 Å². The summed E-state index contributed by atoms with van der Waals surface area (Å²) in [6.07, 6.45) is 8.18. The molecule has 0 bridgehead atoms. The van der Waals surface area contributed by atoms with Crippen molar-refractivity contribution in [1.82, 2.24) is 0 Å². The molecular weight excluding hydrogens is 246 g/mol. The molecule has 0 heterocycles. The van der Waals surface area contributed by atoms with E-state index in [9.17, 15) is 5.11 Å². The van der Waals surface area contributed by atoms with Gasteiger partial charge in [-0.3, -0.25) is 4.99 Å². The van der Waals surface area contributed by atoms with Crippen LogP contribution in [0.4, 0.5) is 0 Å². The molecule has 1 aromatic carbocycles. The molecule has 0 amide bonds. The highest BCUT2D eigenvalue weighted by Crippen LogP contribution is 2.33. The molecule has 110 valence electrons. The third-order valence-corrected chi connectivity index (χ3v) is 4.09. The van der Waals surface area contributed by atoms with E-state index in [2.05, 4.69) is 33.8 Å². The summed E-state index contributed by atoms with van der Waals surface area (Å²) < 4.78 is 0. The summed E-state index contributed by atoms with van der Waals surface area (Å²) >= 11 is 0. The molecule has 1 fully saturated rings. The molecule has 1 N–H and O–H groups in total. The van der Waals surface area contributed by atoms with Crippen molar-refractivity contribution in [1.29, 1.82) is 0 Å². The standard InChI is InChI=1S/C18H27NO/c1-13-10-14(12-19-15-8-6-5-7-9-15)17(20)16(11-13)18(2,3)4/h10-12,15,20H,5-9H2,1-4H3. The molecule has 20 heavy (non-hydrogen) atoms. The second kappa shape index (κ2) is 5.99. The molecule has 0 aliphatic heterocycles. The van der Waals surface area contributed by atoms with Crippen molar-refractivity contribution in [3.05, 3.63) is 28.8 Å². The number of rotatable bonds is 2. The normalized spacial score (nSPS) is 17.8. The van der Waals surface area contributed by atoms with Gasteiger partial charge in [0.1, 0.15) is 5.75 Å². The Morgan fingerprint density at radius 2 is 1.80 bits per heavy atom. The van der Waals surface area contributed by atoms with Gasteiger partial charge in [-0.05, 0) is 36.8 Å². The fourth-order valence-electron chi connectivity index (χ4n) is 2.89. The van der Waals surface area contributed by atoms with E-state index in [0.717, 1.165) is 11.1 Å². The van der Waals surface area contributed by atoms with Crippen LogP contribution in [0, 0.1) is 6.92 Å². The lowest BCUT2D eigenvalue weighted by atomic mass is 9.84. The van der Waals surface area contributed by atoms with Crippen LogP contribution in [0.25, 0.3) is 0 Å². The van der Waals surface area contributed by atoms with Crippen LogP contribution in [0.3, 0.4) is 0 Å². The van der Waals surface area contributed by atoms with Crippen LogP contribution < -0.4 is 0 Å². The van der Waals surface area contributed by atoms with E-state index in [1.807, 2.05) is 12.3 Å². The van der Waals surface area contributed by atoms with Gasteiger partial charge < -0.3 is 5.11 Å². The number of aryl methyl sites for hydroxylation is 1. The Labute approximate surface area is 122 Å². The maximum absolute atomic E-state index is 10.5. The molecule has 0 unspecified atom stereocenters. The van der Waals surface area contributed by atoms with Crippen LogP contribution in [0.5, 0.6) is 5.75 Å². The predicted molar refractivity (Wildman–Crippen MR) is 86.0 cm³/mol. The van der Waals surface area contributed by atoms with Gasteiger partial charge in [-0.1, -0.05) is 46.1 Å². The van der Waals surface area contributed by atoms with Crippen LogP contribution in [0.1, 0.15) is 69.6 Å². The summed E-state index contributed by atoms with van der Waals surface area (Å²) in [5.41, 5.74) is 2.99. The quantitative estimate of drug-likeness (QED) is 0.775. The van der Waals surface area contributed by atoms with E-state index in [4.69, 9.17) is 4.99 Å². The van der Waals surface area contributed by atoms with Crippen LogP contribution in [-0.2, 0) is 5.41 Å². The largest absolute Gasteiger partial charge is 0.507 e. The van der Waals surface area contributed by atoms with Gasteiger partial charge >= 0.3 is 0 Å². The van der Waals surface area contributed by atoms with Gasteiger partial charge in [-0.2, -0.15) is 0 Å². The highest BCUT2D eigenvalue weighted by atomic mass is 16.3. The Morgan fingerprint density at radius 1 is 1.15 bits per heavy atom. The van der Waals surface area contributed by atoms with E-state index >= 15 is 0 Å². The first kappa shape index (κ1) is 15.1. The Morgan fingerprint density at radius 3 is 2.40 bits per heavy atom. The van der Waals surface area contributed by atoms with Gasteiger partial charge in [0.2, 0.25) is 0 Å². The second-order valence-electron chi connectivity index (χ2n) is 7.07. The van der Waals surface area contributed by atoms with Gasteiger partial charge in [0.15, 0.2) is 0 Å². The van der Waals surface area contributed by atoms with E-state index in [1.165, 1.54) is 37.7 Å². The van der Waals surface area contributed by atoms with Crippen LogP contribution >= 0.6 is 0 Å². The molecule has 0 spiro atoms. The van der Waals surface area contributed by atoms with Gasteiger partial charge in [-0.15, -0.1) is 0 Å². The summed E-state index contributed by atoms with van der Waals surface area (Å²) in [5.74, 6) is 0.391. The minimum atomic E-state index is -0.0521. The molecule has 0 radical (unpaired) electrons. The minimum Gasteiger partial charge on any atom is -0.507 e. The van der Waals surface area contributed by atoms with Crippen molar-refractivity contribution in [2.75, 3.05) is 0 Å². The third-order valence-electron chi connectivity index (χ3n) is 4.09. The lowest BCUT2D eigenvalue weighted by Gasteiger charge is -2.22. The smallest absolute Gasteiger partial charge is 0.128 e. The van der Waals surface area contributed by atoms with E-state index in [0.29, 0.717) is 11.8 Å². The monoisotopic (exact) mass is 273 g/mol. The van der Waals surface area contributed by atoms with Crippen molar-refractivity contribution >= 4 is 6.21 Å². The number of phenols is 1. The molecule has 0 saturated heterocycles. The van der Waals surface area contributed by atoms with Crippen molar-refractivity contribution in [3.8, 4) is 5.75 Å². The van der Waals surface area contributed by atoms with Gasteiger partial charge in [0.05, 0.1) is 0 Å². The third kappa shape index (κ3) is 3.62. The van der Waals surface area contributed by atoms with Crippen molar-refractivity contribution in [2.24, 2.45) is 4.99 Å². The highest BCUT2D eigenvalue weighted by Gasteiger charge is 2.20. The van der Waals surface area contributed by atoms with Crippen LogP contribution in [-0.4, -0.2) is 17.4 Å². The molecule has 0 atom stereocenters. The van der Waals surface area contributed by atoms with Gasteiger partial charge in [0, 0.05) is 23.4 Å². The molecule has 2 heteroatoms. The molecular formula is C18H27NO. The lowest BCUT2D eigenvalue weighted by Crippen LogP contribution is -2.13. The number of aromatic hydroxyl groups is 1. The zero-order chi connectivity index (χ0) is 14.8. The first-order valence-corrected chi connectivity index (χ1v) is 7.75. The summed E-state index contributed by atoms with van der Waals surface area (Å²) in [4.78, 5) is 4.69. The number of phenolic OH excluding ortho intramolecular Hbond substituents is 1. The number of hydrogen-bond donors (Lipinski definition) is 1.